The van der Waals surface area contributed by atoms with Crippen LogP contribution in [-0.2, 0) is 162 Å². The van der Waals surface area contributed by atoms with Gasteiger partial charge in [-0.2, -0.15) is 0 Å². The molecule has 139 heavy (non-hydrogen) atoms. The van der Waals surface area contributed by atoms with Crippen LogP contribution in [0.4, 0.5) is 0 Å². The normalized spacial score (nSPS) is 36.0. The van der Waals surface area contributed by atoms with Gasteiger partial charge in [0.05, 0.1) is 120 Å². The number of methoxy groups -OCH3 is 3. The Bertz CT molecular complexity index is 4330. The molecule has 12 bridgehead atoms. The number of hydrogen-bond acceptors (Lipinski definition) is 34. The van der Waals surface area contributed by atoms with Crippen molar-refractivity contribution in [3.8, 4) is 0 Å². The Morgan fingerprint density at radius 1 is 0.353 bits per heavy atom. The maximum absolute atomic E-state index is 12.4. The minimum Gasteiger partial charge on any atom is -0.469 e. The van der Waals surface area contributed by atoms with Crippen LogP contribution < -0.4 is 0 Å². The van der Waals surface area contributed by atoms with E-state index in [1.54, 1.807) is 27.7 Å². The van der Waals surface area contributed by atoms with Crippen LogP contribution in [0.2, 0.25) is 0 Å². The Morgan fingerprint density at radius 3 is 1.34 bits per heavy atom. The minimum absolute atomic E-state index is 0.0254. The molecule has 8 aliphatic carbocycles. The lowest BCUT2D eigenvalue weighted by Gasteiger charge is -2.48. The molecule has 30 unspecified atom stereocenters. The van der Waals surface area contributed by atoms with Crippen LogP contribution in [0, 0.1) is 127 Å². The first-order chi connectivity index (χ1) is 64.9. The molecule has 34 heteroatoms. The molecule has 21 fully saturated rings. The summed E-state index contributed by atoms with van der Waals surface area (Å²) in [6.07, 6.45) is 13.0. The second-order valence-corrected chi connectivity index (χ2v) is 45.9. The molecule has 21 aliphatic rings. The Labute approximate surface area is 820 Å². The number of carbonyl (C=O) groups is 15. The quantitative estimate of drug-likeness (QED) is 0.0807. The molecule has 8 saturated carbocycles. The fourth-order valence-corrected chi connectivity index (χ4v) is 21.7. The van der Waals surface area contributed by atoms with Crippen LogP contribution in [0.1, 0.15) is 315 Å². The van der Waals surface area contributed by atoms with Crippen molar-refractivity contribution >= 4 is 89.5 Å². The van der Waals surface area contributed by atoms with Crippen LogP contribution >= 0.6 is 0 Å². The standard InChI is InChI=1S/C16H22O6.C15H22O7.C14H20O4.C14H22O4.C13H18O5.C9H12O2.C8H12O2.2C7H14O2.C2H6/c1-5-16(2,3)15(19)22-12-7-6-8-10(9(7)13(17)20-4)14(18)21-11(8)12;1-6-14(2,3)13(17)20-9-7-8(18-11(9)16)10-12(19-7)22-15(4,5)21-10;1-4-14(2,3)13(16)18-11-8-5-7-6-9(8)12(15)17-10(7)11;1-5-13(2,3)12(16)17-10-8-9-6-7-14(10,4)18-11(9)15;1-4-13(2,3)12(15)18-9-7-5-6-8(16-7)10(9)17-11(6)14;10-9-8-6-2-1-5(3-6)7(8)4-11-9;9-8-7-4-2-1-3-6(7)5-10-8;2*1-5-7(2,3)6(8)9-4;1-2/h7-12H,5-6H2,1-4H3;7-10,12H,6H2,1-5H3;7-11H,4-6H2,1-3H3;9-10H,5-8H2,1-4H3;6-10H,4-5H2,1-3H3;5-8H,1-4H2;6-7H,1-5H2;2*5H2,1-4H3;1-2H3. The summed E-state index contributed by atoms with van der Waals surface area (Å²) in [6.45, 7) is 50.4. The van der Waals surface area contributed by atoms with Gasteiger partial charge < -0.3 is 90.0 Å². The van der Waals surface area contributed by atoms with Gasteiger partial charge in [0.1, 0.15) is 48.3 Å². The van der Waals surface area contributed by atoms with E-state index in [0.29, 0.717) is 74.7 Å². The van der Waals surface area contributed by atoms with Crippen molar-refractivity contribution < 1.29 is 162 Å². The first-order valence-corrected chi connectivity index (χ1v) is 51.3. The van der Waals surface area contributed by atoms with Gasteiger partial charge in [-0.1, -0.05) is 75.2 Å². The molecule has 786 valence electrons. The van der Waals surface area contributed by atoms with Crippen LogP contribution in [0.15, 0.2) is 0 Å². The molecular formula is C105H162O34. The molecule has 13 saturated heterocycles. The molecule has 13 heterocycles. The fourth-order valence-electron chi connectivity index (χ4n) is 21.7. The molecule has 13 aliphatic heterocycles. The number of hydrogen-bond donors (Lipinski definition) is 0. The van der Waals surface area contributed by atoms with E-state index >= 15 is 0 Å². The van der Waals surface area contributed by atoms with Crippen LogP contribution in [0.5, 0.6) is 0 Å². The Hall–Kier alpha value is -8.11. The van der Waals surface area contributed by atoms with Crippen molar-refractivity contribution in [2.24, 2.45) is 127 Å². The SMILES string of the molecule is CC.CCC(C)(C)C(=O)OC.CCC(C)(C)C(=O)OC.CCC(C)(C)C(=O)OC1C(=O)OC2C3OC(C)(C)OC3OC12.CCC(C)(C)C(=O)OC1C2CC3C(=O)OC1C3O2.CCC(C)(C)C(=O)OC1C2CC3C1OC(=O)C3C2C(=O)OC.CCC(C)(C)C(=O)OC1C2CC3CC2C(=O)OC31.CCC(C)(C)C(=O)OC1CC2CCC1(C)OC2=O.O=C1OCC2C3CCC(C3)C12.O=C1OCC2CCCCC12. The highest BCUT2D eigenvalue weighted by atomic mass is 16.9. The van der Waals surface area contributed by atoms with E-state index in [-0.39, 0.29) is 154 Å². The smallest absolute Gasteiger partial charge is 0.350 e. The predicted molar refractivity (Wildman–Crippen MR) is 496 cm³/mol. The summed E-state index contributed by atoms with van der Waals surface area (Å²) in [5, 5.41) is 0. The van der Waals surface area contributed by atoms with E-state index in [9.17, 15) is 71.9 Å². The van der Waals surface area contributed by atoms with Gasteiger partial charge in [0, 0.05) is 41.9 Å². The number of esters is 15. The van der Waals surface area contributed by atoms with Gasteiger partial charge in [-0.25, -0.2) is 4.79 Å². The van der Waals surface area contributed by atoms with E-state index in [1.807, 2.05) is 152 Å². The van der Waals surface area contributed by atoms with Crippen molar-refractivity contribution in [3.05, 3.63) is 0 Å². The summed E-state index contributed by atoms with van der Waals surface area (Å²) in [5.74, 6) is -1.59. The van der Waals surface area contributed by atoms with E-state index in [1.165, 1.54) is 59.9 Å². The van der Waals surface area contributed by atoms with E-state index in [2.05, 4.69) is 9.47 Å². The lowest BCUT2D eigenvalue weighted by Crippen LogP contribution is -2.57. The topological polar surface area (TPSA) is 431 Å². The molecule has 0 aromatic heterocycles. The van der Waals surface area contributed by atoms with Crippen LogP contribution in [0.3, 0.4) is 0 Å². The highest BCUT2D eigenvalue weighted by Crippen LogP contribution is 2.61. The molecule has 0 amide bonds. The maximum atomic E-state index is 12.4. The highest BCUT2D eigenvalue weighted by Gasteiger charge is 2.72. The molecule has 0 aromatic carbocycles. The molecule has 34 nitrogen and oxygen atoms in total. The number of fused-ring (bicyclic) bond motifs is 15. The van der Waals surface area contributed by atoms with Crippen molar-refractivity contribution in [2.45, 2.75) is 412 Å². The van der Waals surface area contributed by atoms with Gasteiger partial charge in [0.2, 0.25) is 6.10 Å². The zero-order valence-corrected chi connectivity index (χ0v) is 87.9. The lowest BCUT2D eigenvalue weighted by molar-refractivity contribution is -0.221. The van der Waals surface area contributed by atoms with Crippen molar-refractivity contribution in [1.82, 2.24) is 0 Å². The molecule has 0 radical (unpaired) electrons. The second kappa shape index (κ2) is 44.6. The van der Waals surface area contributed by atoms with Gasteiger partial charge >= 0.3 is 89.5 Å². The average Bonchev–Trinajstić information content (AvgIpc) is 1.55. The zero-order valence-electron chi connectivity index (χ0n) is 87.9. The number of rotatable bonds is 20. The minimum atomic E-state index is -1.07. The van der Waals surface area contributed by atoms with Gasteiger partial charge in [-0.05, 0) is 245 Å². The second-order valence-electron chi connectivity index (χ2n) is 45.9. The van der Waals surface area contributed by atoms with Crippen molar-refractivity contribution in [3.63, 3.8) is 0 Å². The monoisotopic (exact) mass is 1970 g/mol. The third kappa shape index (κ3) is 23.9. The van der Waals surface area contributed by atoms with Crippen LogP contribution in [0.25, 0.3) is 0 Å². The van der Waals surface area contributed by atoms with E-state index in [0.717, 1.165) is 70.3 Å². The summed E-state index contributed by atoms with van der Waals surface area (Å²) < 4.78 is 101. The first kappa shape index (κ1) is 113. The van der Waals surface area contributed by atoms with Crippen LogP contribution in [-0.4, -0.2) is 221 Å². The summed E-state index contributed by atoms with van der Waals surface area (Å²) in [6, 6.07) is 0. The summed E-state index contributed by atoms with van der Waals surface area (Å²) in [7, 11) is 4.15. The first-order valence-electron chi connectivity index (χ1n) is 51.3. The van der Waals surface area contributed by atoms with Gasteiger partial charge in [0.15, 0.2) is 36.5 Å². The molecular weight excluding hydrogens is 1810 g/mol. The maximum Gasteiger partial charge on any atom is 0.350 e. The Morgan fingerprint density at radius 2 is 0.835 bits per heavy atom. The summed E-state index contributed by atoms with van der Waals surface area (Å²) >= 11 is 0. The van der Waals surface area contributed by atoms with E-state index < -0.39 is 123 Å². The third-order valence-electron chi connectivity index (χ3n) is 33.9. The van der Waals surface area contributed by atoms with E-state index in [4.69, 9.17) is 80.5 Å². The Balaban J connectivity index is 0.000000163. The molecule has 21 rings (SSSR count). The molecule has 0 aromatic rings. The highest BCUT2D eigenvalue weighted by molar-refractivity contribution is 5.88. The van der Waals surface area contributed by atoms with Gasteiger partial charge in [-0.3, -0.25) is 67.1 Å². The van der Waals surface area contributed by atoms with Gasteiger partial charge in [-0.15, -0.1) is 0 Å². The molecule has 30 atom stereocenters. The fraction of sp³-hybridized carbons (Fsp3) is 0.857. The number of cyclic esters (lactones) is 2. The number of ether oxygens (including phenoxy) is 19. The predicted octanol–water partition coefficient (Wildman–Crippen LogP) is 14.6. The summed E-state index contributed by atoms with van der Waals surface area (Å²) in [5.41, 5.74) is -3.94. The third-order valence-corrected chi connectivity index (χ3v) is 33.9. The lowest BCUT2D eigenvalue weighted by atomic mass is 9.74. The Kier molecular flexibility index (Phi) is 36.2. The van der Waals surface area contributed by atoms with Crippen molar-refractivity contribution in [1.29, 1.82) is 0 Å². The molecule has 0 spiro atoms. The number of carbonyl (C=O) groups excluding carboxylic acids is 15. The molecule has 0 N–H and O–H groups in total. The van der Waals surface area contributed by atoms with Crippen molar-refractivity contribution in [2.75, 3.05) is 34.5 Å². The zero-order chi connectivity index (χ0) is 104. The largest absolute Gasteiger partial charge is 0.469 e. The average molecular weight is 1970 g/mol. The summed E-state index contributed by atoms with van der Waals surface area (Å²) in [4.78, 5) is 176. The van der Waals surface area contributed by atoms with Gasteiger partial charge in [0.25, 0.3) is 0 Å².